The average Bonchev–Trinajstić information content (AvgIpc) is 2.62. The summed E-state index contributed by atoms with van der Waals surface area (Å²) in [6.07, 6.45) is 3.29. The van der Waals surface area contributed by atoms with Crippen molar-refractivity contribution in [3.63, 3.8) is 0 Å². The molecule has 0 amide bonds. The number of pyridine rings is 1. The molecule has 1 aromatic heterocycles. The first-order valence-electron chi connectivity index (χ1n) is 8.21. The first-order valence-corrected chi connectivity index (χ1v) is 9.03. The highest BCUT2D eigenvalue weighted by molar-refractivity contribution is 8.17. The minimum atomic E-state index is -0.921. The summed E-state index contributed by atoms with van der Waals surface area (Å²) >= 11 is 1.34. The van der Waals surface area contributed by atoms with Gasteiger partial charge in [0, 0.05) is 18.2 Å². The van der Waals surface area contributed by atoms with Gasteiger partial charge in [-0.1, -0.05) is 17.8 Å². The van der Waals surface area contributed by atoms with Crippen LogP contribution in [-0.2, 0) is 12.0 Å². The number of carbonyl (C=O) groups is 1. The first kappa shape index (κ1) is 18.8. The lowest BCUT2D eigenvalue weighted by Crippen LogP contribution is -2.26. The maximum atomic E-state index is 14.5. The second-order valence-corrected chi connectivity index (χ2v) is 7.68. The Labute approximate surface area is 160 Å². The van der Waals surface area contributed by atoms with Crippen LogP contribution in [0.5, 0.6) is 0 Å². The van der Waals surface area contributed by atoms with Crippen LogP contribution in [0.2, 0.25) is 0 Å². The SMILES string of the molecule is CC1=CC(C)(c2cc(CC(=O)c3ccc(C#N)cn3)ccc2F)N=C(N)S1. The first-order chi connectivity index (χ1) is 12.8. The molecule has 7 heteroatoms. The van der Waals surface area contributed by atoms with E-state index in [1.54, 1.807) is 25.1 Å². The Morgan fingerprint density at radius 3 is 2.78 bits per heavy atom. The standard InChI is InChI=1S/C20H17FN4OS/c1-12-9-20(2,25-19(23)27-12)15-7-13(3-5-16(15)21)8-18(26)17-6-4-14(10-22)11-24-17/h3-7,9,11H,8H2,1-2H3,(H2,23,25). The highest BCUT2D eigenvalue weighted by Crippen LogP contribution is 2.37. The van der Waals surface area contributed by atoms with Gasteiger partial charge in [-0.15, -0.1) is 0 Å². The van der Waals surface area contributed by atoms with Gasteiger partial charge in [-0.2, -0.15) is 5.26 Å². The molecule has 0 fully saturated rings. The van der Waals surface area contributed by atoms with Crippen molar-refractivity contribution in [2.24, 2.45) is 10.7 Å². The molecule has 136 valence electrons. The van der Waals surface area contributed by atoms with Crippen LogP contribution in [-0.4, -0.2) is 15.9 Å². The summed E-state index contributed by atoms with van der Waals surface area (Å²) < 4.78 is 14.5. The third-order valence-electron chi connectivity index (χ3n) is 4.21. The number of thioether (sulfide) groups is 1. The summed E-state index contributed by atoms with van der Waals surface area (Å²) in [7, 11) is 0. The summed E-state index contributed by atoms with van der Waals surface area (Å²) in [6.45, 7) is 3.68. The van der Waals surface area contributed by atoms with Crippen molar-refractivity contribution in [2.45, 2.75) is 25.8 Å². The minimum Gasteiger partial charge on any atom is -0.378 e. The molecule has 0 radical (unpaired) electrons. The Kier molecular flexibility index (Phi) is 5.10. The van der Waals surface area contributed by atoms with E-state index in [9.17, 15) is 9.18 Å². The molecule has 1 aliphatic rings. The molecule has 1 unspecified atom stereocenters. The second kappa shape index (κ2) is 7.33. The van der Waals surface area contributed by atoms with E-state index in [0.717, 1.165) is 4.91 Å². The molecule has 1 aliphatic heterocycles. The molecule has 2 aromatic rings. The van der Waals surface area contributed by atoms with Gasteiger partial charge < -0.3 is 5.73 Å². The number of benzene rings is 1. The van der Waals surface area contributed by atoms with Crippen molar-refractivity contribution in [1.29, 1.82) is 5.26 Å². The maximum Gasteiger partial charge on any atom is 0.185 e. The van der Waals surface area contributed by atoms with Crippen LogP contribution in [0.1, 0.15) is 41.0 Å². The lowest BCUT2D eigenvalue weighted by Gasteiger charge is -2.27. The molecule has 0 spiro atoms. The van der Waals surface area contributed by atoms with Gasteiger partial charge in [0.05, 0.1) is 5.56 Å². The predicted molar refractivity (Wildman–Crippen MR) is 104 cm³/mol. The summed E-state index contributed by atoms with van der Waals surface area (Å²) in [4.78, 5) is 21.8. The van der Waals surface area contributed by atoms with Crippen LogP contribution in [0.25, 0.3) is 0 Å². The number of rotatable bonds is 4. The molecule has 0 saturated carbocycles. The number of nitrogens with two attached hydrogens (primary N) is 1. The zero-order valence-corrected chi connectivity index (χ0v) is 15.7. The van der Waals surface area contributed by atoms with Crippen LogP contribution in [0.4, 0.5) is 4.39 Å². The van der Waals surface area contributed by atoms with Gasteiger partial charge in [0.2, 0.25) is 0 Å². The van der Waals surface area contributed by atoms with E-state index >= 15 is 0 Å². The van der Waals surface area contributed by atoms with Crippen molar-refractivity contribution in [2.75, 3.05) is 0 Å². The lowest BCUT2D eigenvalue weighted by atomic mass is 9.89. The van der Waals surface area contributed by atoms with Crippen LogP contribution in [0, 0.1) is 17.1 Å². The van der Waals surface area contributed by atoms with Gasteiger partial charge in [0.15, 0.2) is 11.0 Å². The van der Waals surface area contributed by atoms with Crippen molar-refractivity contribution >= 4 is 22.7 Å². The number of nitrogens with zero attached hydrogens (tertiary/aromatic N) is 3. The minimum absolute atomic E-state index is 0.0684. The highest BCUT2D eigenvalue weighted by atomic mass is 32.2. The largest absolute Gasteiger partial charge is 0.378 e. The molecule has 0 saturated heterocycles. The Balaban J connectivity index is 1.90. The number of ketones is 1. The quantitative estimate of drug-likeness (QED) is 0.817. The number of hydrogen-bond acceptors (Lipinski definition) is 6. The van der Waals surface area contributed by atoms with Crippen LogP contribution >= 0.6 is 11.8 Å². The number of aromatic nitrogens is 1. The van der Waals surface area contributed by atoms with Crippen molar-refractivity contribution < 1.29 is 9.18 Å². The second-order valence-electron chi connectivity index (χ2n) is 6.41. The lowest BCUT2D eigenvalue weighted by molar-refractivity contribution is 0.0988. The van der Waals surface area contributed by atoms with Crippen LogP contribution in [0.15, 0.2) is 52.5 Å². The Morgan fingerprint density at radius 2 is 2.15 bits per heavy atom. The number of allylic oxidation sites excluding steroid dienone is 1. The molecule has 0 aliphatic carbocycles. The summed E-state index contributed by atoms with van der Waals surface area (Å²) in [5.74, 6) is -0.617. The summed E-state index contributed by atoms with van der Waals surface area (Å²) in [5.41, 5.74) is 6.62. The van der Waals surface area contributed by atoms with Gasteiger partial charge in [-0.3, -0.25) is 9.78 Å². The van der Waals surface area contributed by atoms with Crippen molar-refractivity contribution in [3.8, 4) is 6.07 Å². The molecule has 1 aromatic carbocycles. The zero-order valence-electron chi connectivity index (χ0n) is 14.9. The van der Waals surface area contributed by atoms with E-state index in [4.69, 9.17) is 11.0 Å². The highest BCUT2D eigenvalue weighted by Gasteiger charge is 2.30. The molecule has 27 heavy (non-hydrogen) atoms. The third kappa shape index (κ3) is 4.07. The Morgan fingerprint density at radius 1 is 1.37 bits per heavy atom. The van der Waals surface area contributed by atoms with Gasteiger partial charge >= 0.3 is 0 Å². The van der Waals surface area contributed by atoms with E-state index < -0.39 is 11.4 Å². The van der Waals surface area contributed by atoms with Gasteiger partial charge in [-0.25, -0.2) is 9.38 Å². The monoisotopic (exact) mass is 380 g/mol. The van der Waals surface area contributed by atoms with Gasteiger partial charge in [0.25, 0.3) is 0 Å². The fourth-order valence-corrected chi connectivity index (χ4v) is 3.84. The van der Waals surface area contributed by atoms with E-state index in [2.05, 4.69) is 9.98 Å². The number of aliphatic imine (C=N–C) groups is 1. The number of halogens is 1. The van der Waals surface area contributed by atoms with Gasteiger partial charge in [-0.05, 0) is 54.7 Å². The third-order valence-corrected chi connectivity index (χ3v) is 4.95. The predicted octanol–water partition coefficient (Wildman–Crippen LogP) is 3.70. The average molecular weight is 380 g/mol. The Hall–Kier alpha value is -2.98. The molecule has 2 heterocycles. The summed E-state index contributed by atoms with van der Waals surface area (Å²) in [5, 5.41) is 9.18. The smallest absolute Gasteiger partial charge is 0.185 e. The zero-order chi connectivity index (χ0) is 19.6. The molecule has 5 nitrogen and oxygen atoms in total. The van der Waals surface area contributed by atoms with E-state index in [0.29, 0.717) is 21.9 Å². The molecule has 0 bridgehead atoms. The van der Waals surface area contributed by atoms with Crippen molar-refractivity contribution in [3.05, 3.63) is 75.7 Å². The molecular weight excluding hydrogens is 363 g/mol. The number of nitriles is 1. The topological polar surface area (TPSA) is 92.1 Å². The van der Waals surface area contributed by atoms with Crippen molar-refractivity contribution in [1.82, 2.24) is 4.98 Å². The fourth-order valence-electron chi connectivity index (χ4n) is 2.98. The van der Waals surface area contributed by atoms with E-state index in [-0.39, 0.29) is 17.9 Å². The fraction of sp³-hybridized carbons (Fsp3) is 0.200. The number of hydrogen-bond donors (Lipinski definition) is 1. The number of amidine groups is 1. The molecular formula is C20H17FN4OS. The molecule has 1 atom stereocenters. The van der Waals surface area contributed by atoms with E-state index in [1.807, 2.05) is 19.1 Å². The summed E-state index contributed by atoms with van der Waals surface area (Å²) in [6, 6.07) is 9.58. The molecule has 2 N–H and O–H groups in total. The maximum absolute atomic E-state index is 14.5. The van der Waals surface area contributed by atoms with Gasteiger partial charge in [0.1, 0.15) is 23.1 Å². The van der Waals surface area contributed by atoms with Crippen LogP contribution < -0.4 is 5.73 Å². The number of carbonyl (C=O) groups excluding carboxylic acids is 1. The van der Waals surface area contributed by atoms with Crippen LogP contribution in [0.3, 0.4) is 0 Å². The van der Waals surface area contributed by atoms with E-state index in [1.165, 1.54) is 30.1 Å². The normalized spacial score (nSPS) is 19.0. The molecule has 3 rings (SSSR count). The number of Topliss-reactive ketones (excluding diaryl/α,β-unsaturated/α-hetero) is 1. The Bertz CT molecular complexity index is 988.